The molecule has 0 spiro atoms. The van der Waals surface area contributed by atoms with Crippen molar-refractivity contribution in [1.82, 2.24) is 4.90 Å². The Bertz CT molecular complexity index is 527. The number of hydrogen-bond acceptors (Lipinski definition) is 2. The zero-order valence-corrected chi connectivity index (χ0v) is 12.7. The molecule has 0 N–H and O–H groups in total. The summed E-state index contributed by atoms with van der Waals surface area (Å²) in [6.45, 7) is 1.61. The van der Waals surface area contributed by atoms with Crippen LogP contribution >= 0.6 is 0 Å². The molecule has 0 saturated heterocycles. The van der Waals surface area contributed by atoms with Crippen molar-refractivity contribution in [2.75, 3.05) is 20.2 Å². The fraction of sp³-hybridized carbons (Fsp3) is 0.500. The molecule has 0 atom stereocenters. The number of hydrogen-bond donors (Lipinski definition) is 0. The topological polar surface area (TPSA) is 29.5 Å². The first kappa shape index (κ1) is 14.2. The zero-order valence-electron chi connectivity index (χ0n) is 12.7. The second-order valence-corrected chi connectivity index (χ2v) is 5.97. The maximum absolute atomic E-state index is 12.4. The van der Waals surface area contributed by atoms with E-state index in [1.165, 1.54) is 24.0 Å². The lowest BCUT2D eigenvalue weighted by Gasteiger charge is -2.29. The van der Waals surface area contributed by atoms with Gasteiger partial charge in [0.1, 0.15) is 5.75 Å². The Morgan fingerprint density at radius 2 is 1.90 bits per heavy atom. The molecule has 0 unspecified atom stereocenters. The summed E-state index contributed by atoms with van der Waals surface area (Å²) in [6, 6.07) is 8.18. The minimum absolute atomic E-state index is 0.293. The fourth-order valence-corrected chi connectivity index (χ4v) is 3.37. The van der Waals surface area contributed by atoms with Crippen molar-refractivity contribution in [1.29, 1.82) is 0 Å². The van der Waals surface area contributed by atoms with Crippen molar-refractivity contribution in [3.8, 4) is 5.75 Å². The van der Waals surface area contributed by atoms with Gasteiger partial charge < -0.3 is 9.64 Å². The minimum atomic E-state index is 0.293. The number of benzene rings is 1. The molecule has 1 fully saturated rings. The van der Waals surface area contributed by atoms with Gasteiger partial charge in [-0.1, -0.05) is 31.1 Å². The Morgan fingerprint density at radius 3 is 2.48 bits per heavy atom. The van der Waals surface area contributed by atoms with Crippen molar-refractivity contribution in [3.05, 3.63) is 35.9 Å². The van der Waals surface area contributed by atoms with Crippen molar-refractivity contribution in [2.45, 2.75) is 32.1 Å². The third-order valence-corrected chi connectivity index (χ3v) is 4.69. The van der Waals surface area contributed by atoms with E-state index in [4.69, 9.17) is 4.74 Å². The largest absolute Gasteiger partial charge is 0.497 e. The highest BCUT2D eigenvalue weighted by Crippen LogP contribution is 2.29. The average Bonchev–Trinajstić information content (AvgIpc) is 3.09. The van der Waals surface area contributed by atoms with Gasteiger partial charge in [0.05, 0.1) is 7.11 Å². The molecule has 1 aromatic rings. The Morgan fingerprint density at radius 1 is 1.19 bits per heavy atom. The number of nitrogens with zero attached hydrogens (tertiary/aromatic N) is 1. The second kappa shape index (κ2) is 6.33. The highest BCUT2D eigenvalue weighted by Gasteiger charge is 2.28. The molecule has 1 heterocycles. The summed E-state index contributed by atoms with van der Waals surface area (Å²) in [6.07, 6.45) is 7.77. The lowest BCUT2D eigenvalue weighted by atomic mass is 9.98. The lowest BCUT2D eigenvalue weighted by Crippen LogP contribution is -2.38. The smallest absolute Gasteiger partial charge is 0.225 e. The predicted octanol–water partition coefficient (Wildman–Crippen LogP) is 3.50. The van der Waals surface area contributed by atoms with Gasteiger partial charge in [-0.3, -0.25) is 4.79 Å². The van der Waals surface area contributed by atoms with Crippen LogP contribution < -0.4 is 4.74 Å². The van der Waals surface area contributed by atoms with E-state index in [0.29, 0.717) is 11.8 Å². The molecule has 3 nitrogen and oxygen atoms in total. The van der Waals surface area contributed by atoms with Crippen LogP contribution in [0.15, 0.2) is 30.3 Å². The molecule has 0 aromatic heterocycles. The summed E-state index contributed by atoms with van der Waals surface area (Å²) >= 11 is 0. The van der Waals surface area contributed by atoms with Crippen LogP contribution in [0.5, 0.6) is 5.75 Å². The van der Waals surface area contributed by atoms with Gasteiger partial charge in [0.2, 0.25) is 5.91 Å². The fourth-order valence-electron chi connectivity index (χ4n) is 3.37. The number of carbonyl (C=O) groups excluding carboxylic acids is 1. The van der Waals surface area contributed by atoms with E-state index < -0.39 is 0 Å². The summed E-state index contributed by atoms with van der Waals surface area (Å²) in [5.74, 6) is 1.55. The Balaban J connectivity index is 1.64. The maximum Gasteiger partial charge on any atom is 0.225 e. The van der Waals surface area contributed by atoms with Gasteiger partial charge in [-0.2, -0.15) is 0 Å². The van der Waals surface area contributed by atoms with Gasteiger partial charge in [0, 0.05) is 19.0 Å². The molecule has 1 aromatic carbocycles. The molecule has 21 heavy (non-hydrogen) atoms. The number of methoxy groups -OCH3 is 1. The van der Waals surface area contributed by atoms with Crippen molar-refractivity contribution >= 4 is 11.5 Å². The van der Waals surface area contributed by atoms with E-state index in [2.05, 4.69) is 18.2 Å². The Labute approximate surface area is 126 Å². The van der Waals surface area contributed by atoms with Crippen LogP contribution in [-0.4, -0.2) is 31.0 Å². The third kappa shape index (κ3) is 3.12. The quantitative estimate of drug-likeness (QED) is 0.850. The van der Waals surface area contributed by atoms with E-state index in [9.17, 15) is 4.79 Å². The molecule has 1 saturated carbocycles. The van der Waals surface area contributed by atoms with Gasteiger partial charge in [-0.05, 0) is 42.5 Å². The Kier molecular flexibility index (Phi) is 4.28. The highest BCUT2D eigenvalue weighted by molar-refractivity contribution is 5.80. The molecular formula is C18H23NO2. The van der Waals surface area contributed by atoms with Gasteiger partial charge >= 0.3 is 0 Å². The zero-order chi connectivity index (χ0) is 14.7. The van der Waals surface area contributed by atoms with Crippen LogP contribution in [0.2, 0.25) is 0 Å². The minimum Gasteiger partial charge on any atom is -0.497 e. The molecule has 0 bridgehead atoms. The van der Waals surface area contributed by atoms with E-state index in [-0.39, 0.29) is 0 Å². The lowest BCUT2D eigenvalue weighted by molar-refractivity contribution is -0.134. The number of rotatable bonds is 3. The maximum atomic E-state index is 12.4. The highest BCUT2D eigenvalue weighted by atomic mass is 16.5. The first-order chi connectivity index (χ1) is 10.3. The van der Waals surface area contributed by atoms with Crippen LogP contribution in [0.25, 0.3) is 5.57 Å². The molecule has 1 aliphatic heterocycles. The molecule has 3 heteroatoms. The molecule has 1 aliphatic carbocycles. The number of ether oxygens (including phenoxy) is 1. The first-order valence-electron chi connectivity index (χ1n) is 7.90. The molecule has 112 valence electrons. The normalized spacial score (nSPS) is 19.5. The first-order valence-corrected chi connectivity index (χ1v) is 7.90. The van der Waals surface area contributed by atoms with Crippen molar-refractivity contribution in [2.24, 2.45) is 5.92 Å². The SMILES string of the molecule is COc1ccc(C2=CCN(C(=O)C3CCCC3)CC2)cc1. The average molecular weight is 285 g/mol. The summed E-state index contributed by atoms with van der Waals surface area (Å²) in [5, 5.41) is 0. The van der Waals surface area contributed by atoms with Gasteiger partial charge in [0.15, 0.2) is 0 Å². The van der Waals surface area contributed by atoms with E-state index in [1.807, 2.05) is 17.0 Å². The van der Waals surface area contributed by atoms with Gasteiger partial charge in [-0.15, -0.1) is 0 Å². The second-order valence-electron chi connectivity index (χ2n) is 5.97. The van der Waals surface area contributed by atoms with Gasteiger partial charge in [0.25, 0.3) is 0 Å². The van der Waals surface area contributed by atoms with Crippen molar-refractivity contribution < 1.29 is 9.53 Å². The number of amides is 1. The standard InChI is InChI=1S/C18H23NO2/c1-21-17-8-6-14(7-9-17)15-10-12-19(13-11-15)18(20)16-4-2-3-5-16/h6-10,16H,2-5,11-13H2,1H3. The molecule has 3 rings (SSSR count). The van der Waals surface area contributed by atoms with Crippen LogP contribution in [0.4, 0.5) is 0 Å². The molecule has 2 aliphatic rings. The Hall–Kier alpha value is -1.77. The molecule has 0 radical (unpaired) electrons. The molecular weight excluding hydrogens is 262 g/mol. The van der Waals surface area contributed by atoms with Crippen LogP contribution in [0.1, 0.15) is 37.7 Å². The molecule has 1 amide bonds. The predicted molar refractivity (Wildman–Crippen MR) is 84.1 cm³/mol. The summed E-state index contributed by atoms with van der Waals surface area (Å²) in [7, 11) is 1.68. The van der Waals surface area contributed by atoms with Crippen molar-refractivity contribution in [3.63, 3.8) is 0 Å². The third-order valence-electron chi connectivity index (χ3n) is 4.69. The van der Waals surface area contributed by atoms with E-state index >= 15 is 0 Å². The number of carbonyl (C=O) groups is 1. The summed E-state index contributed by atoms with van der Waals surface area (Å²) in [4.78, 5) is 14.4. The van der Waals surface area contributed by atoms with E-state index in [1.54, 1.807) is 7.11 Å². The van der Waals surface area contributed by atoms with Crippen LogP contribution in [0, 0.1) is 5.92 Å². The van der Waals surface area contributed by atoms with Crippen LogP contribution in [0.3, 0.4) is 0 Å². The summed E-state index contributed by atoms with van der Waals surface area (Å²) < 4.78 is 5.19. The monoisotopic (exact) mass is 285 g/mol. The van der Waals surface area contributed by atoms with E-state index in [0.717, 1.165) is 38.1 Å². The summed E-state index contributed by atoms with van der Waals surface area (Å²) in [5.41, 5.74) is 2.58. The van der Waals surface area contributed by atoms with Crippen LogP contribution in [-0.2, 0) is 4.79 Å². The van der Waals surface area contributed by atoms with Gasteiger partial charge in [-0.25, -0.2) is 0 Å².